The second-order valence-electron chi connectivity index (χ2n) is 7.33. The van der Waals surface area contributed by atoms with Gasteiger partial charge in [-0.1, -0.05) is 32.0 Å². The fourth-order valence-electron chi connectivity index (χ4n) is 3.68. The van der Waals surface area contributed by atoms with Crippen molar-refractivity contribution in [3.05, 3.63) is 46.8 Å². The number of nitrogens with one attached hydrogen (secondary N) is 1. The number of aryl methyl sites for hydroxylation is 2. The topological polar surface area (TPSA) is 50.2 Å². The van der Waals surface area contributed by atoms with Crippen molar-refractivity contribution in [2.24, 2.45) is 7.05 Å². The quantitative estimate of drug-likeness (QED) is 0.892. The summed E-state index contributed by atoms with van der Waals surface area (Å²) < 4.78 is 1.76. The summed E-state index contributed by atoms with van der Waals surface area (Å²) >= 11 is 0. The first-order valence-corrected chi connectivity index (χ1v) is 9.05. The van der Waals surface area contributed by atoms with Gasteiger partial charge in [0.15, 0.2) is 0 Å². The maximum absolute atomic E-state index is 13.0. The largest absolute Gasteiger partial charge is 0.322 e. The van der Waals surface area contributed by atoms with E-state index in [9.17, 15) is 4.79 Å². The molecular formula is C20H28N4O. The first-order chi connectivity index (χ1) is 11.9. The molecule has 1 aliphatic heterocycles. The Morgan fingerprint density at radius 3 is 2.80 bits per heavy atom. The molecule has 0 radical (unpaired) electrons. The molecule has 2 aromatic rings. The standard InChI is InChI=1S/C20H28N4O/c1-13(2)19-17(12-23(5)22-19)21-20(25)24-11-7-10-18(24)16-9-6-8-14(3)15(16)4/h6,8-9,12-13,18H,7,10-11H2,1-5H3,(H,21,25)/t18-/m0/s1. The summed E-state index contributed by atoms with van der Waals surface area (Å²) in [5.41, 5.74) is 5.57. The third kappa shape index (κ3) is 3.41. The highest BCUT2D eigenvalue weighted by Gasteiger charge is 2.31. The van der Waals surface area contributed by atoms with Crippen molar-refractivity contribution >= 4 is 11.7 Å². The minimum Gasteiger partial charge on any atom is -0.317 e. The van der Waals surface area contributed by atoms with Crippen LogP contribution in [0.4, 0.5) is 10.5 Å². The second kappa shape index (κ2) is 6.90. The molecule has 0 aliphatic carbocycles. The van der Waals surface area contributed by atoms with Crippen molar-refractivity contribution in [3.8, 4) is 0 Å². The third-order valence-electron chi connectivity index (χ3n) is 5.17. The minimum absolute atomic E-state index is 0.0293. The van der Waals surface area contributed by atoms with Gasteiger partial charge in [-0.25, -0.2) is 4.79 Å². The molecule has 1 atom stereocenters. The van der Waals surface area contributed by atoms with Crippen molar-refractivity contribution in [2.75, 3.05) is 11.9 Å². The lowest BCUT2D eigenvalue weighted by Crippen LogP contribution is -2.35. The van der Waals surface area contributed by atoms with Crippen LogP contribution in [0.1, 0.15) is 61.0 Å². The maximum Gasteiger partial charge on any atom is 0.322 e. The number of anilines is 1. The van der Waals surface area contributed by atoms with E-state index in [1.54, 1.807) is 4.68 Å². The molecular weight excluding hydrogens is 312 g/mol. The van der Waals surface area contributed by atoms with Crippen LogP contribution in [0.5, 0.6) is 0 Å². The SMILES string of the molecule is Cc1cccc([C@@H]2CCCN2C(=O)Nc2cn(C)nc2C(C)C)c1C. The van der Waals surface area contributed by atoms with Crippen LogP contribution in [0.25, 0.3) is 0 Å². The number of aromatic nitrogens is 2. The van der Waals surface area contributed by atoms with Crippen molar-refractivity contribution in [2.45, 2.75) is 52.5 Å². The van der Waals surface area contributed by atoms with E-state index in [2.05, 4.69) is 56.3 Å². The summed E-state index contributed by atoms with van der Waals surface area (Å²) in [6.07, 6.45) is 3.94. The number of benzene rings is 1. The number of hydrogen-bond acceptors (Lipinski definition) is 2. The number of urea groups is 1. The first-order valence-electron chi connectivity index (χ1n) is 9.05. The molecule has 1 saturated heterocycles. The fraction of sp³-hybridized carbons (Fsp3) is 0.500. The molecule has 1 fully saturated rings. The molecule has 25 heavy (non-hydrogen) atoms. The average Bonchev–Trinajstić information content (AvgIpc) is 3.16. The van der Waals surface area contributed by atoms with Crippen LogP contribution in [0.3, 0.4) is 0 Å². The Labute approximate surface area is 150 Å². The summed E-state index contributed by atoms with van der Waals surface area (Å²) in [7, 11) is 1.89. The Balaban J connectivity index is 1.83. The van der Waals surface area contributed by atoms with Gasteiger partial charge in [0, 0.05) is 19.8 Å². The Hall–Kier alpha value is -2.30. The lowest BCUT2D eigenvalue weighted by molar-refractivity contribution is 0.207. The number of carbonyl (C=O) groups excluding carboxylic acids is 1. The molecule has 1 aromatic carbocycles. The van der Waals surface area contributed by atoms with Gasteiger partial charge in [-0.05, 0) is 49.3 Å². The average molecular weight is 340 g/mol. The van der Waals surface area contributed by atoms with Crippen LogP contribution in [0.15, 0.2) is 24.4 Å². The van der Waals surface area contributed by atoms with Gasteiger partial charge in [0.25, 0.3) is 0 Å². The van der Waals surface area contributed by atoms with Crippen molar-refractivity contribution in [3.63, 3.8) is 0 Å². The lowest BCUT2D eigenvalue weighted by atomic mass is 9.96. The number of hydrogen-bond donors (Lipinski definition) is 1. The summed E-state index contributed by atoms with van der Waals surface area (Å²) in [5, 5.41) is 7.57. The van der Waals surface area contributed by atoms with Crippen LogP contribution in [-0.2, 0) is 7.05 Å². The van der Waals surface area contributed by atoms with E-state index in [4.69, 9.17) is 0 Å². The normalized spacial score (nSPS) is 17.4. The zero-order valence-corrected chi connectivity index (χ0v) is 15.8. The number of nitrogens with zero attached hydrogens (tertiary/aromatic N) is 3. The Morgan fingerprint density at radius 2 is 2.08 bits per heavy atom. The Bertz CT molecular complexity index is 778. The predicted octanol–water partition coefficient (Wildman–Crippen LogP) is 4.53. The number of carbonyl (C=O) groups is 1. The van der Waals surface area contributed by atoms with Crippen LogP contribution in [-0.4, -0.2) is 27.3 Å². The van der Waals surface area contributed by atoms with Crippen LogP contribution in [0, 0.1) is 13.8 Å². The van der Waals surface area contributed by atoms with Gasteiger partial charge in [-0.15, -0.1) is 0 Å². The number of rotatable bonds is 3. The van der Waals surface area contributed by atoms with Gasteiger partial charge >= 0.3 is 6.03 Å². The summed E-state index contributed by atoms with van der Waals surface area (Å²) in [5.74, 6) is 0.268. The smallest absolute Gasteiger partial charge is 0.317 e. The van der Waals surface area contributed by atoms with E-state index in [0.717, 1.165) is 30.8 Å². The first kappa shape index (κ1) is 17.5. The van der Waals surface area contributed by atoms with Gasteiger partial charge in [0.1, 0.15) is 0 Å². The van der Waals surface area contributed by atoms with E-state index in [-0.39, 0.29) is 18.0 Å². The molecule has 134 valence electrons. The fourth-order valence-corrected chi connectivity index (χ4v) is 3.68. The highest BCUT2D eigenvalue weighted by atomic mass is 16.2. The predicted molar refractivity (Wildman–Crippen MR) is 101 cm³/mol. The molecule has 0 saturated carbocycles. The number of amides is 2. The Morgan fingerprint density at radius 1 is 1.32 bits per heavy atom. The molecule has 2 heterocycles. The Kier molecular flexibility index (Phi) is 4.84. The summed E-state index contributed by atoms with van der Waals surface area (Å²) in [4.78, 5) is 14.9. The molecule has 1 N–H and O–H groups in total. The number of likely N-dealkylation sites (tertiary alicyclic amines) is 1. The van der Waals surface area contributed by atoms with E-state index in [1.807, 2.05) is 18.1 Å². The molecule has 5 nitrogen and oxygen atoms in total. The van der Waals surface area contributed by atoms with Gasteiger partial charge < -0.3 is 10.2 Å². The lowest BCUT2D eigenvalue weighted by Gasteiger charge is -2.27. The van der Waals surface area contributed by atoms with E-state index in [1.165, 1.54) is 16.7 Å². The summed E-state index contributed by atoms with van der Waals surface area (Å²) in [6.45, 7) is 9.25. The van der Waals surface area contributed by atoms with E-state index >= 15 is 0 Å². The van der Waals surface area contributed by atoms with Crippen molar-refractivity contribution < 1.29 is 4.79 Å². The van der Waals surface area contributed by atoms with Gasteiger partial charge in [0.05, 0.1) is 17.4 Å². The third-order valence-corrected chi connectivity index (χ3v) is 5.17. The van der Waals surface area contributed by atoms with Crippen LogP contribution in [0.2, 0.25) is 0 Å². The minimum atomic E-state index is -0.0293. The van der Waals surface area contributed by atoms with Crippen LogP contribution >= 0.6 is 0 Å². The van der Waals surface area contributed by atoms with E-state index < -0.39 is 0 Å². The van der Waals surface area contributed by atoms with Gasteiger partial charge in [0.2, 0.25) is 0 Å². The zero-order chi connectivity index (χ0) is 18.1. The molecule has 3 rings (SSSR count). The van der Waals surface area contributed by atoms with Crippen LogP contribution < -0.4 is 5.32 Å². The van der Waals surface area contributed by atoms with Gasteiger partial charge in [-0.3, -0.25) is 4.68 Å². The molecule has 0 spiro atoms. The van der Waals surface area contributed by atoms with E-state index in [0.29, 0.717) is 0 Å². The van der Waals surface area contributed by atoms with Crippen molar-refractivity contribution in [1.82, 2.24) is 14.7 Å². The molecule has 5 heteroatoms. The van der Waals surface area contributed by atoms with Gasteiger partial charge in [-0.2, -0.15) is 5.10 Å². The maximum atomic E-state index is 13.0. The molecule has 2 amide bonds. The molecule has 1 aromatic heterocycles. The molecule has 0 unspecified atom stereocenters. The molecule has 0 bridgehead atoms. The highest BCUT2D eigenvalue weighted by molar-refractivity contribution is 5.90. The molecule has 1 aliphatic rings. The second-order valence-corrected chi connectivity index (χ2v) is 7.33. The summed E-state index contributed by atoms with van der Waals surface area (Å²) in [6, 6.07) is 6.49. The monoisotopic (exact) mass is 340 g/mol. The zero-order valence-electron chi connectivity index (χ0n) is 15.8. The highest BCUT2D eigenvalue weighted by Crippen LogP contribution is 2.35. The van der Waals surface area contributed by atoms with Crippen molar-refractivity contribution in [1.29, 1.82) is 0 Å².